The predicted octanol–water partition coefficient (Wildman–Crippen LogP) is 5.83. The third kappa shape index (κ3) is 5.12. The Hall–Kier alpha value is -3.66. The van der Waals surface area contributed by atoms with Crippen molar-refractivity contribution in [2.75, 3.05) is 5.32 Å². The Morgan fingerprint density at radius 1 is 1.18 bits per heavy atom. The van der Waals surface area contributed by atoms with E-state index in [0.717, 1.165) is 0 Å². The van der Waals surface area contributed by atoms with Crippen LogP contribution in [0.15, 0.2) is 61.1 Å². The number of nitrogens with one attached hydrogen (secondary N) is 1. The number of aromatic nitrogens is 4. The third-order valence-electron chi connectivity index (χ3n) is 5.23. The molecular formula is C23H19ClF3N5O2. The van der Waals surface area contributed by atoms with Crippen molar-refractivity contribution < 1.29 is 22.7 Å². The van der Waals surface area contributed by atoms with Crippen LogP contribution in [-0.2, 0) is 0 Å². The summed E-state index contributed by atoms with van der Waals surface area (Å²) in [6, 6.07) is 11.5. The molecule has 4 aromatic rings. The zero-order valence-corrected chi connectivity index (χ0v) is 18.8. The number of carbonyl (C=O) groups is 1. The molecule has 0 aliphatic rings. The Morgan fingerprint density at radius 2 is 1.91 bits per heavy atom. The van der Waals surface area contributed by atoms with Crippen LogP contribution in [0.5, 0.6) is 5.75 Å². The van der Waals surface area contributed by atoms with Crippen molar-refractivity contribution >= 4 is 34.2 Å². The van der Waals surface area contributed by atoms with E-state index in [-0.39, 0.29) is 11.3 Å². The summed E-state index contributed by atoms with van der Waals surface area (Å²) in [7, 11) is 0. The number of carbonyl (C=O) groups excluding carboxylic acids is 1. The Balaban J connectivity index is 1.70. The molecule has 4 rings (SSSR count). The summed E-state index contributed by atoms with van der Waals surface area (Å²) in [5.74, 6) is -0.629. The number of amides is 1. The third-order valence-corrected chi connectivity index (χ3v) is 5.31. The normalized spacial score (nSPS) is 13.5. The number of halogens is 4. The maximum absolute atomic E-state index is 14.1. The zero-order chi connectivity index (χ0) is 24.5. The summed E-state index contributed by atoms with van der Waals surface area (Å²) in [5.41, 5.74) is -1.06. The summed E-state index contributed by atoms with van der Waals surface area (Å²) in [4.78, 5) is 17.4. The van der Waals surface area contributed by atoms with Crippen LogP contribution in [0.2, 0.25) is 0 Å². The lowest BCUT2D eigenvalue weighted by atomic mass is 10.0. The number of nitrogens with zero attached hydrogens (tertiary/aromatic N) is 4. The quantitative estimate of drug-likeness (QED) is 0.330. The lowest BCUT2D eigenvalue weighted by molar-refractivity contribution is -0.0964. The molecule has 34 heavy (non-hydrogen) atoms. The van der Waals surface area contributed by atoms with Crippen molar-refractivity contribution in [2.24, 2.45) is 0 Å². The van der Waals surface area contributed by atoms with Gasteiger partial charge in [0.15, 0.2) is 0 Å². The second kappa shape index (κ2) is 9.30. The number of hydrogen-bond donors (Lipinski definition) is 1. The number of imidazole rings is 1. The summed E-state index contributed by atoms with van der Waals surface area (Å²) >= 11 is 4.76. The molecule has 2 aromatic carbocycles. The Morgan fingerprint density at radius 3 is 2.53 bits per heavy atom. The first-order valence-electron chi connectivity index (χ1n) is 10.2. The molecule has 0 saturated carbocycles. The van der Waals surface area contributed by atoms with Gasteiger partial charge in [0.05, 0.1) is 29.1 Å². The average Bonchev–Trinajstić information content (AvgIpc) is 3.22. The van der Waals surface area contributed by atoms with E-state index in [9.17, 15) is 18.0 Å². The van der Waals surface area contributed by atoms with Crippen molar-refractivity contribution in [3.05, 3.63) is 66.6 Å². The van der Waals surface area contributed by atoms with Crippen LogP contribution in [0.25, 0.3) is 22.3 Å². The molecule has 2 heterocycles. The molecule has 0 bridgehead atoms. The molecule has 0 aliphatic heterocycles. The van der Waals surface area contributed by atoms with E-state index in [1.807, 2.05) is 0 Å². The van der Waals surface area contributed by atoms with Crippen LogP contribution in [0.1, 0.15) is 30.2 Å². The monoisotopic (exact) mass is 489 g/mol. The molecule has 0 fully saturated rings. The second-order valence-electron chi connectivity index (χ2n) is 7.60. The highest BCUT2D eigenvalue weighted by molar-refractivity contribution is 6.20. The zero-order valence-electron chi connectivity index (χ0n) is 18.0. The minimum Gasteiger partial charge on any atom is -0.420 e. The lowest BCUT2D eigenvalue weighted by Gasteiger charge is -2.17. The van der Waals surface area contributed by atoms with Gasteiger partial charge in [-0.15, -0.1) is 8.78 Å². The molecule has 2 aromatic heterocycles. The van der Waals surface area contributed by atoms with Gasteiger partial charge < -0.3 is 14.6 Å². The van der Waals surface area contributed by atoms with Crippen LogP contribution in [0, 0.1) is 0 Å². The van der Waals surface area contributed by atoms with Gasteiger partial charge in [-0.3, -0.25) is 4.79 Å². The molecule has 1 N–H and O–H groups in total. The topological polar surface area (TPSA) is 81.9 Å². The van der Waals surface area contributed by atoms with E-state index in [1.54, 1.807) is 35.8 Å². The van der Waals surface area contributed by atoms with Crippen molar-refractivity contribution in [3.63, 3.8) is 0 Å². The second-order valence-corrected chi connectivity index (χ2v) is 8.04. The molecule has 2 atom stereocenters. The van der Waals surface area contributed by atoms with Crippen LogP contribution < -0.4 is 10.1 Å². The average molecular weight is 490 g/mol. The molecule has 0 radical (unpaired) electrons. The number of benzene rings is 2. The summed E-state index contributed by atoms with van der Waals surface area (Å²) in [6.07, 6.45) is 1.91. The smallest absolute Gasteiger partial charge is 0.420 e. The van der Waals surface area contributed by atoms with Gasteiger partial charge in [0.25, 0.3) is 5.91 Å². The van der Waals surface area contributed by atoms with Gasteiger partial charge in [0.1, 0.15) is 11.9 Å². The maximum Gasteiger partial charge on any atom is 0.487 e. The van der Waals surface area contributed by atoms with E-state index in [4.69, 9.17) is 11.6 Å². The standard InChI is InChI=1S/C23H19ClF3N5O2/c1-13(25)14(2)32-12-28-20-11-15(10-18(21(20)32)19-4-3-9-29-31-19)22(33)30-16-5-7-17(8-6-16)34-23(24,26)27/h3-14H,1-2H3,(H,30,33)/t13?,14-/m1/s1. The minimum absolute atomic E-state index is 0.161. The van der Waals surface area contributed by atoms with E-state index in [2.05, 4.69) is 25.2 Å². The number of rotatable bonds is 7. The molecular weight excluding hydrogens is 471 g/mol. The van der Waals surface area contributed by atoms with Gasteiger partial charge in [0.2, 0.25) is 0 Å². The number of anilines is 1. The van der Waals surface area contributed by atoms with Gasteiger partial charge in [-0.25, -0.2) is 9.37 Å². The van der Waals surface area contributed by atoms with Crippen molar-refractivity contribution in [3.8, 4) is 17.0 Å². The first-order valence-corrected chi connectivity index (χ1v) is 10.6. The Labute approximate surface area is 197 Å². The van der Waals surface area contributed by atoms with Gasteiger partial charge in [-0.2, -0.15) is 10.2 Å². The van der Waals surface area contributed by atoms with Crippen molar-refractivity contribution in [1.82, 2.24) is 19.7 Å². The molecule has 1 unspecified atom stereocenters. The fourth-order valence-electron chi connectivity index (χ4n) is 3.42. The summed E-state index contributed by atoms with van der Waals surface area (Å²) in [6.45, 7) is 3.20. The molecule has 0 aliphatic carbocycles. The molecule has 1 amide bonds. The van der Waals surface area contributed by atoms with Gasteiger partial charge >= 0.3 is 5.57 Å². The minimum atomic E-state index is -3.84. The SMILES string of the molecule is CC(F)[C@@H](C)n1cnc2cc(C(=O)Nc3ccc(OC(F)(F)Cl)cc3)cc(-c3cccnn3)c21. The highest BCUT2D eigenvalue weighted by atomic mass is 35.5. The van der Waals surface area contributed by atoms with E-state index >= 15 is 0 Å². The van der Waals surface area contributed by atoms with E-state index < -0.39 is 23.7 Å². The summed E-state index contributed by atoms with van der Waals surface area (Å²) < 4.78 is 45.6. The van der Waals surface area contributed by atoms with Crippen LogP contribution in [-0.4, -0.2) is 37.4 Å². The highest BCUT2D eigenvalue weighted by Gasteiger charge is 2.27. The van der Waals surface area contributed by atoms with E-state index in [1.165, 1.54) is 43.7 Å². The Kier molecular flexibility index (Phi) is 6.43. The Bertz CT molecular complexity index is 1310. The molecule has 11 heteroatoms. The summed E-state index contributed by atoms with van der Waals surface area (Å²) in [5, 5.41) is 10.7. The number of hydrogen-bond acceptors (Lipinski definition) is 5. The van der Waals surface area contributed by atoms with Crippen molar-refractivity contribution in [1.29, 1.82) is 0 Å². The number of ether oxygens (including phenoxy) is 1. The first kappa shape index (κ1) is 23.5. The lowest BCUT2D eigenvalue weighted by Crippen LogP contribution is -2.16. The van der Waals surface area contributed by atoms with Gasteiger partial charge in [-0.05, 0) is 62.4 Å². The van der Waals surface area contributed by atoms with Crippen LogP contribution in [0.3, 0.4) is 0 Å². The van der Waals surface area contributed by atoms with Crippen LogP contribution >= 0.6 is 11.6 Å². The molecule has 0 spiro atoms. The number of fused-ring (bicyclic) bond motifs is 1. The fourth-order valence-corrected chi connectivity index (χ4v) is 3.50. The van der Waals surface area contributed by atoms with Gasteiger partial charge in [0, 0.05) is 34.6 Å². The van der Waals surface area contributed by atoms with Crippen LogP contribution in [0.4, 0.5) is 18.9 Å². The first-order chi connectivity index (χ1) is 16.1. The molecule has 7 nitrogen and oxygen atoms in total. The molecule has 176 valence electrons. The fraction of sp³-hybridized carbons (Fsp3) is 0.217. The van der Waals surface area contributed by atoms with Crippen molar-refractivity contribution in [2.45, 2.75) is 31.6 Å². The predicted molar refractivity (Wildman–Crippen MR) is 122 cm³/mol. The van der Waals surface area contributed by atoms with E-state index in [0.29, 0.717) is 28.0 Å². The molecule has 0 saturated heterocycles. The maximum atomic E-state index is 14.1. The largest absolute Gasteiger partial charge is 0.487 e. The number of alkyl halides is 4. The van der Waals surface area contributed by atoms with Gasteiger partial charge in [-0.1, -0.05) is 0 Å². The highest BCUT2D eigenvalue weighted by Crippen LogP contribution is 2.32.